The van der Waals surface area contributed by atoms with Crippen molar-refractivity contribution in [1.82, 2.24) is 10.6 Å². The second-order valence-corrected chi connectivity index (χ2v) is 4.75. The maximum atomic E-state index is 11.7. The maximum Gasteiger partial charge on any atom is 0.335 e. The molecule has 1 aliphatic rings. The number of benzene rings is 1. The van der Waals surface area contributed by atoms with Gasteiger partial charge in [-0.2, -0.15) is 0 Å². The molecule has 3 N–H and O–H groups in total. The van der Waals surface area contributed by atoms with Gasteiger partial charge in [-0.15, -0.1) is 0 Å². The monoisotopic (exact) mass is 278 g/mol. The summed E-state index contributed by atoms with van der Waals surface area (Å²) >= 11 is 0. The zero-order valence-corrected chi connectivity index (χ0v) is 11.1. The van der Waals surface area contributed by atoms with E-state index in [-0.39, 0.29) is 17.6 Å². The molecule has 1 aliphatic heterocycles. The molecule has 0 radical (unpaired) electrons. The van der Waals surface area contributed by atoms with Crippen LogP contribution in [-0.4, -0.2) is 36.4 Å². The molecule has 2 rings (SSSR count). The number of carbonyl (C=O) groups excluding carboxylic acids is 1. The number of amides is 2. The Kier molecular flexibility index (Phi) is 4.95. The number of aromatic carboxylic acids is 1. The van der Waals surface area contributed by atoms with Crippen LogP contribution in [0.25, 0.3) is 0 Å². The van der Waals surface area contributed by atoms with Crippen LogP contribution < -0.4 is 10.6 Å². The average molecular weight is 278 g/mol. The van der Waals surface area contributed by atoms with Crippen LogP contribution in [0.5, 0.6) is 0 Å². The van der Waals surface area contributed by atoms with Gasteiger partial charge in [0.1, 0.15) is 0 Å². The van der Waals surface area contributed by atoms with Crippen molar-refractivity contribution in [1.29, 1.82) is 0 Å². The van der Waals surface area contributed by atoms with Crippen LogP contribution in [0.3, 0.4) is 0 Å². The van der Waals surface area contributed by atoms with Gasteiger partial charge >= 0.3 is 12.0 Å². The minimum Gasteiger partial charge on any atom is -0.478 e. The first-order chi connectivity index (χ1) is 9.65. The van der Waals surface area contributed by atoms with Crippen molar-refractivity contribution in [2.45, 2.75) is 25.4 Å². The van der Waals surface area contributed by atoms with Gasteiger partial charge in [0.2, 0.25) is 0 Å². The minimum atomic E-state index is -0.976. The Morgan fingerprint density at radius 3 is 2.95 bits per heavy atom. The fraction of sp³-hybridized carbons (Fsp3) is 0.429. The number of carbonyl (C=O) groups is 2. The van der Waals surface area contributed by atoms with Gasteiger partial charge in [0.05, 0.1) is 18.2 Å². The number of carboxylic acids is 1. The van der Waals surface area contributed by atoms with Crippen LogP contribution in [-0.2, 0) is 11.3 Å². The van der Waals surface area contributed by atoms with Crippen LogP contribution in [0.2, 0.25) is 0 Å². The Morgan fingerprint density at radius 1 is 1.40 bits per heavy atom. The van der Waals surface area contributed by atoms with Gasteiger partial charge in [-0.1, -0.05) is 12.1 Å². The number of carboxylic acid groups (broad SMARTS) is 1. The van der Waals surface area contributed by atoms with Gasteiger partial charge < -0.3 is 20.5 Å². The second kappa shape index (κ2) is 6.91. The fourth-order valence-electron chi connectivity index (χ4n) is 2.09. The SMILES string of the molecule is O=C(NCc1cccc(C(=O)O)c1)NC1CCCOC1. The lowest BCUT2D eigenvalue weighted by Crippen LogP contribution is -2.45. The first-order valence-electron chi connectivity index (χ1n) is 6.59. The summed E-state index contributed by atoms with van der Waals surface area (Å²) in [5, 5.41) is 14.4. The standard InChI is InChI=1S/C14H18N2O4/c17-13(18)11-4-1-3-10(7-11)8-15-14(19)16-12-5-2-6-20-9-12/h1,3-4,7,12H,2,5-6,8-9H2,(H,17,18)(H2,15,16,19). The van der Waals surface area contributed by atoms with E-state index in [0.717, 1.165) is 25.0 Å². The molecule has 1 aromatic rings. The van der Waals surface area contributed by atoms with Crippen molar-refractivity contribution < 1.29 is 19.4 Å². The average Bonchev–Trinajstić information content (AvgIpc) is 2.46. The van der Waals surface area contributed by atoms with E-state index in [9.17, 15) is 9.59 Å². The smallest absolute Gasteiger partial charge is 0.335 e. The van der Waals surface area contributed by atoms with Gasteiger partial charge in [0, 0.05) is 13.2 Å². The molecule has 108 valence electrons. The molecule has 0 saturated carbocycles. The number of urea groups is 1. The fourth-order valence-corrected chi connectivity index (χ4v) is 2.09. The van der Waals surface area contributed by atoms with E-state index < -0.39 is 5.97 Å². The third kappa shape index (κ3) is 4.24. The van der Waals surface area contributed by atoms with Crippen LogP contribution in [0, 0.1) is 0 Å². The van der Waals surface area contributed by atoms with E-state index in [1.54, 1.807) is 18.2 Å². The van der Waals surface area contributed by atoms with Gasteiger partial charge in [-0.3, -0.25) is 0 Å². The number of rotatable bonds is 4. The lowest BCUT2D eigenvalue weighted by atomic mass is 10.1. The van der Waals surface area contributed by atoms with E-state index in [1.807, 2.05) is 0 Å². The zero-order chi connectivity index (χ0) is 14.4. The van der Waals surface area contributed by atoms with Gasteiger partial charge in [-0.25, -0.2) is 9.59 Å². The van der Waals surface area contributed by atoms with Crippen LogP contribution in [0.4, 0.5) is 4.79 Å². The molecule has 1 saturated heterocycles. The molecule has 1 heterocycles. The van der Waals surface area contributed by atoms with E-state index in [0.29, 0.717) is 13.2 Å². The minimum absolute atomic E-state index is 0.0501. The van der Waals surface area contributed by atoms with Gasteiger partial charge in [0.25, 0.3) is 0 Å². The van der Waals surface area contributed by atoms with Crippen molar-refractivity contribution in [2.24, 2.45) is 0 Å². The topological polar surface area (TPSA) is 87.7 Å². The molecule has 0 aromatic heterocycles. The van der Waals surface area contributed by atoms with Crippen LogP contribution in [0.15, 0.2) is 24.3 Å². The molecule has 0 spiro atoms. The Bertz CT molecular complexity index is 484. The summed E-state index contributed by atoms with van der Waals surface area (Å²) in [7, 11) is 0. The Labute approximate surface area is 117 Å². The third-order valence-electron chi connectivity index (χ3n) is 3.12. The molecule has 0 bridgehead atoms. The molecule has 20 heavy (non-hydrogen) atoms. The number of hydrogen-bond acceptors (Lipinski definition) is 3. The van der Waals surface area contributed by atoms with E-state index in [2.05, 4.69) is 10.6 Å². The maximum absolute atomic E-state index is 11.7. The highest BCUT2D eigenvalue weighted by Crippen LogP contribution is 2.06. The summed E-state index contributed by atoms with van der Waals surface area (Å²) in [6, 6.07) is 6.29. The van der Waals surface area contributed by atoms with Crippen molar-refractivity contribution >= 4 is 12.0 Å². The predicted molar refractivity (Wildman–Crippen MR) is 72.6 cm³/mol. The summed E-state index contributed by atoms with van der Waals surface area (Å²) in [6.45, 7) is 1.59. The van der Waals surface area contributed by atoms with Gasteiger partial charge in [-0.05, 0) is 30.5 Å². The summed E-state index contributed by atoms with van der Waals surface area (Å²) in [6.07, 6.45) is 1.87. The first-order valence-corrected chi connectivity index (χ1v) is 6.59. The number of ether oxygens (including phenoxy) is 1. The van der Waals surface area contributed by atoms with E-state index >= 15 is 0 Å². The molecular weight excluding hydrogens is 260 g/mol. The lowest BCUT2D eigenvalue weighted by molar-refractivity contribution is 0.0696. The zero-order valence-electron chi connectivity index (χ0n) is 11.1. The molecule has 1 unspecified atom stereocenters. The Balaban J connectivity index is 1.80. The molecular formula is C14H18N2O4. The molecule has 6 nitrogen and oxygen atoms in total. The molecule has 0 aliphatic carbocycles. The van der Waals surface area contributed by atoms with Crippen molar-refractivity contribution in [3.05, 3.63) is 35.4 Å². The van der Waals surface area contributed by atoms with Crippen molar-refractivity contribution in [3.63, 3.8) is 0 Å². The highest BCUT2D eigenvalue weighted by Gasteiger charge is 2.15. The normalized spacial score (nSPS) is 18.3. The van der Waals surface area contributed by atoms with Crippen LogP contribution in [0.1, 0.15) is 28.8 Å². The summed E-state index contributed by atoms with van der Waals surface area (Å²) in [5.74, 6) is -0.976. The third-order valence-corrected chi connectivity index (χ3v) is 3.12. The Hall–Kier alpha value is -2.08. The largest absolute Gasteiger partial charge is 0.478 e. The lowest BCUT2D eigenvalue weighted by Gasteiger charge is -2.23. The molecule has 1 fully saturated rings. The molecule has 6 heteroatoms. The summed E-state index contributed by atoms with van der Waals surface area (Å²) < 4.78 is 5.28. The molecule has 1 aromatic carbocycles. The summed E-state index contributed by atoms with van der Waals surface area (Å²) in [4.78, 5) is 22.5. The molecule has 1 atom stereocenters. The highest BCUT2D eigenvalue weighted by atomic mass is 16.5. The summed E-state index contributed by atoms with van der Waals surface area (Å²) in [5.41, 5.74) is 0.963. The van der Waals surface area contributed by atoms with Crippen LogP contribution >= 0.6 is 0 Å². The predicted octanol–water partition coefficient (Wildman–Crippen LogP) is 1.36. The highest BCUT2D eigenvalue weighted by molar-refractivity contribution is 5.87. The molecule has 2 amide bonds. The number of hydrogen-bond donors (Lipinski definition) is 3. The first kappa shape index (κ1) is 14.3. The van der Waals surface area contributed by atoms with Crippen molar-refractivity contribution in [3.8, 4) is 0 Å². The second-order valence-electron chi connectivity index (χ2n) is 4.75. The van der Waals surface area contributed by atoms with E-state index in [4.69, 9.17) is 9.84 Å². The number of nitrogens with one attached hydrogen (secondary N) is 2. The Morgan fingerprint density at radius 2 is 2.25 bits per heavy atom. The van der Waals surface area contributed by atoms with E-state index in [1.165, 1.54) is 6.07 Å². The van der Waals surface area contributed by atoms with Crippen molar-refractivity contribution in [2.75, 3.05) is 13.2 Å². The van der Waals surface area contributed by atoms with Gasteiger partial charge in [0.15, 0.2) is 0 Å². The quantitative estimate of drug-likeness (QED) is 0.776.